The number of rotatable bonds is 2. The number of carbonyl (C=O) groups is 1. The Hall–Kier alpha value is -2.42. The van der Waals surface area contributed by atoms with E-state index in [1.807, 2.05) is 6.07 Å². The van der Waals surface area contributed by atoms with Crippen LogP contribution in [0.1, 0.15) is 5.56 Å². The van der Waals surface area contributed by atoms with Crippen LogP contribution >= 0.6 is 23.8 Å². The first kappa shape index (κ1) is 15.0. The van der Waals surface area contributed by atoms with Crippen LogP contribution in [-0.4, -0.2) is 10.9 Å². The van der Waals surface area contributed by atoms with Crippen LogP contribution in [0.4, 0.5) is 11.4 Å². The average Bonchev–Trinajstić information content (AvgIpc) is 2.50. The van der Waals surface area contributed by atoms with Gasteiger partial charge in [0.15, 0.2) is 4.99 Å². The number of nitrogens with zero attached hydrogens (tertiary/aromatic N) is 1. The van der Waals surface area contributed by atoms with Crippen molar-refractivity contribution < 1.29 is 4.79 Å². The Morgan fingerprint density at radius 3 is 2.43 bits per heavy atom. The first-order valence-corrected chi connectivity index (χ1v) is 6.76. The van der Waals surface area contributed by atoms with Crippen LogP contribution in [0.2, 0.25) is 5.02 Å². The largest absolute Gasteiger partial charge is 0.342 e. The molecule has 0 radical (unpaired) electrons. The highest BCUT2D eigenvalue weighted by molar-refractivity contribution is 7.82. The van der Waals surface area contributed by atoms with E-state index in [1.54, 1.807) is 48.5 Å². The minimum absolute atomic E-state index is 0.00469. The molecular formula is C15H10ClN3OS. The van der Waals surface area contributed by atoms with Crippen LogP contribution in [0.5, 0.6) is 0 Å². The zero-order valence-electron chi connectivity index (χ0n) is 10.8. The Morgan fingerprint density at radius 1 is 1.10 bits per heavy atom. The molecule has 0 atom stereocenters. The molecule has 0 unspecified atom stereocenters. The summed E-state index contributed by atoms with van der Waals surface area (Å²) in [6, 6.07) is 15.5. The van der Waals surface area contributed by atoms with Crippen molar-refractivity contribution in [1.29, 1.82) is 5.26 Å². The SMILES string of the molecule is N#Cc1ccccc1NC(=O)C(=S)Nc1ccc(Cl)cc1. The fourth-order valence-corrected chi connectivity index (χ4v) is 1.88. The summed E-state index contributed by atoms with van der Waals surface area (Å²) < 4.78 is 0. The van der Waals surface area contributed by atoms with E-state index in [0.717, 1.165) is 0 Å². The smallest absolute Gasteiger partial charge is 0.283 e. The van der Waals surface area contributed by atoms with Crippen molar-refractivity contribution in [1.82, 2.24) is 0 Å². The second-order valence-electron chi connectivity index (χ2n) is 4.07. The predicted octanol–water partition coefficient (Wildman–Crippen LogP) is 3.59. The summed E-state index contributed by atoms with van der Waals surface area (Å²) >= 11 is 10.8. The summed E-state index contributed by atoms with van der Waals surface area (Å²) in [4.78, 5) is 12.0. The third-order valence-electron chi connectivity index (χ3n) is 2.60. The minimum Gasteiger partial charge on any atom is -0.342 e. The van der Waals surface area contributed by atoms with Gasteiger partial charge >= 0.3 is 0 Å². The normalized spacial score (nSPS) is 9.52. The van der Waals surface area contributed by atoms with Gasteiger partial charge in [-0.25, -0.2) is 0 Å². The summed E-state index contributed by atoms with van der Waals surface area (Å²) in [5.41, 5.74) is 1.46. The van der Waals surface area contributed by atoms with Crippen LogP contribution in [0.3, 0.4) is 0 Å². The monoisotopic (exact) mass is 315 g/mol. The summed E-state index contributed by atoms with van der Waals surface area (Å²) in [6.07, 6.45) is 0. The molecule has 0 spiro atoms. The topological polar surface area (TPSA) is 64.9 Å². The molecule has 2 aromatic carbocycles. The number of nitriles is 1. The molecule has 2 rings (SSSR count). The summed E-state index contributed by atoms with van der Waals surface area (Å²) in [5.74, 6) is -0.484. The van der Waals surface area contributed by atoms with Crippen molar-refractivity contribution in [2.75, 3.05) is 10.6 Å². The van der Waals surface area contributed by atoms with Gasteiger partial charge in [-0.1, -0.05) is 36.0 Å². The molecule has 0 aliphatic rings. The fourth-order valence-electron chi connectivity index (χ4n) is 1.59. The third-order valence-corrected chi connectivity index (χ3v) is 3.14. The van der Waals surface area contributed by atoms with E-state index in [-0.39, 0.29) is 4.99 Å². The second-order valence-corrected chi connectivity index (χ2v) is 4.92. The van der Waals surface area contributed by atoms with E-state index < -0.39 is 5.91 Å². The number of amides is 1. The number of hydrogen-bond donors (Lipinski definition) is 2. The molecule has 0 fully saturated rings. The Labute approximate surface area is 132 Å². The Balaban J connectivity index is 2.05. The van der Waals surface area contributed by atoms with Crippen molar-refractivity contribution in [3.8, 4) is 6.07 Å². The predicted molar refractivity (Wildman–Crippen MR) is 87.5 cm³/mol. The van der Waals surface area contributed by atoms with E-state index in [4.69, 9.17) is 29.1 Å². The van der Waals surface area contributed by atoms with E-state index in [0.29, 0.717) is 22.0 Å². The molecule has 0 saturated heterocycles. The van der Waals surface area contributed by atoms with Crippen LogP contribution in [0, 0.1) is 11.3 Å². The first-order valence-electron chi connectivity index (χ1n) is 5.97. The van der Waals surface area contributed by atoms with Gasteiger partial charge in [-0.15, -0.1) is 0 Å². The molecule has 104 valence electrons. The highest BCUT2D eigenvalue weighted by Crippen LogP contribution is 2.15. The fraction of sp³-hybridized carbons (Fsp3) is 0. The number of halogens is 1. The summed E-state index contributed by atoms with van der Waals surface area (Å²) in [7, 11) is 0. The van der Waals surface area contributed by atoms with E-state index in [2.05, 4.69) is 10.6 Å². The molecule has 0 heterocycles. The molecule has 21 heavy (non-hydrogen) atoms. The zero-order chi connectivity index (χ0) is 15.2. The molecule has 2 N–H and O–H groups in total. The molecule has 6 heteroatoms. The lowest BCUT2D eigenvalue weighted by molar-refractivity contribution is -0.110. The van der Waals surface area contributed by atoms with Gasteiger partial charge in [0.1, 0.15) is 6.07 Å². The van der Waals surface area contributed by atoms with Gasteiger partial charge in [-0.05, 0) is 36.4 Å². The summed E-state index contributed by atoms with van der Waals surface area (Å²) in [5, 5.41) is 15.0. The van der Waals surface area contributed by atoms with Gasteiger partial charge in [-0.2, -0.15) is 5.26 Å². The molecule has 0 bridgehead atoms. The number of carbonyl (C=O) groups excluding carboxylic acids is 1. The van der Waals surface area contributed by atoms with Crippen molar-refractivity contribution in [2.45, 2.75) is 0 Å². The van der Waals surface area contributed by atoms with E-state index in [9.17, 15) is 4.79 Å². The van der Waals surface area contributed by atoms with Crippen molar-refractivity contribution >= 4 is 46.1 Å². The number of thiocarbonyl (C=S) groups is 1. The molecule has 0 aromatic heterocycles. The number of anilines is 2. The molecule has 4 nitrogen and oxygen atoms in total. The molecule has 0 aliphatic carbocycles. The van der Waals surface area contributed by atoms with E-state index in [1.165, 1.54) is 0 Å². The van der Waals surface area contributed by atoms with Gasteiger partial charge in [0.05, 0.1) is 11.3 Å². The zero-order valence-corrected chi connectivity index (χ0v) is 12.3. The lowest BCUT2D eigenvalue weighted by atomic mass is 10.2. The number of para-hydroxylation sites is 1. The minimum atomic E-state index is -0.484. The standard InChI is InChI=1S/C15H10ClN3OS/c16-11-5-7-12(8-6-11)18-15(21)14(20)19-13-4-2-1-3-10(13)9-17/h1-8H,(H,18,21)(H,19,20). The van der Waals surface area contributed by atoms with Gasteiger partial charge in [-0.3, -0.25) is 4.79 Å². The molecular weight excluding hydrogens is 306 g/mol. The third kappa shape index (κ3) is 4.02. The van der Waals surface area contributed by atoms with Crippen LogP contribution in [0.15, 0.2) is 48.5 Å². The maximum atomic E-state index is 12.0. The lowest BCUT2D eigenvalue weighted by Crippen LogP contribution is -2.27. The van der Waals surface area contributed by atoms with Gasteiger partial charge in [0.25, 0.3) is 5.91 Å². The average molecular weight is 316 g/mol. The maximum absolute atomic E-state index is 12.0. The van der Waals surface area contributed by atoms with Gasteiger partial charge < -0.3 is 10.6 Å². The Kier molecular flexibility index (Phi) is 4.88. The number of hydrogen-bond acceptors (Lipinski definition) is 3. The first-order chi connectivity index (χ1) is 10.1. The number of nitrogens with one attached hydrogen (secondary N) is 2. The maximum Gasteiger partial charge on any atom is 0.283 e. The summed E-state index contributed by atoms with van der Waals surface area (Å²) in [6.45, 7) is 0. The Morgan fingerprint density at radius 2 is 1.76 bits per heavy atom. The van der Waals surface area contributed by atoms with Crippen LogP contribution < -0.4 is 10.6 Å². The van der Waals surface area contributed by atoms with E-state index >= 15 is 0 Å². The van der Waals surface area contributed by atoms with Crippen molar-refractivity contribution in [2.24, 2.45) is 0 Å². The second kappa shape index (κ2) is 6.84. The Bertz CT molecular complexity index is 722. The molecule has 2 aromatic rings. The van der Waals surface area contributed by atoms with Gasteiger partial charge in [0.2, 0.25) is 0 Å². The van der Waals surface area contributed by atoms with Crippen LogP contribution in [0.25, 0.3) is 0 Å². The molecule has 0 saturated carbocycles. The quantitative estimate of drug-likeness (QED) is 0.831. The number of benzene rings is 2. The van der Waals surface area contributed by atoms with Crippen molar-refractivity contribution in [3.05, 3.63) is 59.1 Å². The van der Waals surface area contributed by atoms with Gasteiger partial charge in [0, 0.05) is 10.7 Å². The highest BCUT2D eigenvalue weighted by atomic mass is 35.5. The van der Waals surface area contributed by atoms with Crippen molar-refractivity contribution in [3.63, 3.8) is 0 Å². The molecule has 1 amide bonds. The van der Waals surface area contributed by atoms with Crippen LogP contribution in [-0.2, 0) is 4.79 Å². The lowest BCUT2D eigenvalue weighted by Gasteiger charge is -2.09. The molecule has 0 aliphatic heterocycles. The highest BCUT2D eigenvalue weighted by Gasteiger charge is 2.11.